The molecule has 4 nitrogen and oxygen atoms in total. The van der Waals surface area contributed by atoms with Crippen LogP contribution in [0.2, 0.25) is 0 Å². The lowest BCUT2D eigenvalue weighted by molar-refractivity contribution is -0.164. The van der Waals surface area contributed by atoms with Crippen molar-refractivity contribution in [2.75, 3.05) is 6.61 Å². The predicted molar refractivity (Wildman–Crippen MR) is 70.6 cm³/mol. The SMILES string of the molecule is CC(=O)[C@@H](OCc1ccccc1)[C@H]1COC(C)(C)O1. The second kappa shape index (κ2) is 5.82. The van der Waals surface area contributed by atoms with Crippen LogP contribution in [-0.2, 0) is 25.6 Å². The molecule has 104 valence electrons. The highest BCUT2D eigenvalue weighted by atomic mass is 16.7. The number of carbonyl (C=O) groups is 1. The van der Waals surface area contributed by atoms with Gasteiger partial charge >= 0.3 is 0 Å². The lowest BCUT2D eigenvalue weighted by Gasteiger charge is -2.22. The summed E-state index contributed by atoms with van der Waals surface area (Å²) >= 11 is 0. The Kier molecular flexibility index (Phi) is 4.34. The Balaban J connectivity index is 1.96. The molecule has 0 amide bonds. The molecule has 0 N–H and O–H groups in total. The van der Waals surface area contributed by atoms with E-state index in [4.69, 9.17) is 14.2 Å². The molecule has 0 radical (unpaired) electrons. The second-order valence-electron chi connectivity index (χ2n) is 5.19. The van der Waals surface area contributed by atoms with Crippen molar-refractivity contribution in [2.24, 2.45) is 0 Å². The maximum absolute atomic E-state index is 11.7. The third-order valence-electron chi connectivity index (χ3n) is 3.04. The Morgan fingerprint density at radius 3 is 2.63 bits per heavy atom. The molecule has 2 atom stereocenters. The Morgan fingerprint density at radius 1 is 1.42 bits per heavy atom. The fourth-order valence-electron chi connectivity index (χ4n) is 2.11. The van der Waals surface area contributed by atoms with Gasteiger partial charge < -0.3 is 14.2 Å². The maximum atomic E-state index is 11.7. The first-order chi connectivity index (χ1) is 8.98. The molecule has 0 aromatic heterocycles. The zero-order valence-electron chi connectivity index (χ0n) is 11.6. The quantitative estimate of drug-likeness (QED) is 0.818. The van der Waals surface area contributed by atoms with E-state index in [1.165, 1.54) is 6.92 Å². The van der Waals surface area contributed by atoms with Crippen LogP contribution in [0.25, 0.3) is 0 Å². The first kappa shape index (κ1) is 14.2. The van der Waals surface area contributed by atoms with Crippen LogP contribution in [0.5, 0.6) is 0 Å². The van der Waals surface area contributed by atoms with E-state index in [1.807, 2.05) is 44.2 Å². The molecule has 1 heterocycles. The van der Waals surface area contributed by atoms with Crippen molar-refractivity contribution in [3.8, 4) is 0 Å². The highest BCUT2D eigenvalue weighted by Crippen LogP contribution is 2.26. The molecular weight excluding hydrogens is 244 g/mol. The molecule has 1 aromatic rings. The van der Waals surface area contributed by atoms with Crippen LogP contribution in [0.3, 0.4) is 0 Å². The van der Waals surface area contributed by atoms with Crippen LogP contribution in [0.15, 0.2) is 30.3 Å². The summed E-state index contributed by atoms with van der Waals surface area (Å²) in [4.78, 5) is 11.7. The monoisotopic (exact) mass is 264 g/mol. The van der Waals surface area contributed by atoms with Gasteiger partial charge in [0.1, 0.15) is 12.2 Å². The van der Waals surface area contributed by atoms with E-state index in [2.05, 4.69) is 0 Å². The second-order valence-corrected chi connectivity index (χ2v) is 5.19. The average molecular weight is 264 g/mol. The van der Waals surface area contributed by atoms with E-state index >= 15 is 0 Å². The van der Waals surface area contributed by atoms with E-state index in [9.17, 15) is 4.79 Å². The molecule has 19 heavy (non-hydrogen) atoms. The number of benzene rings is 1. The Bertz CT molecular complexity index is 427. The Labute approximate surface area is 113 Å². The number of ether oxygens (including phenoxy) is 3. The largest absolute Gasteiger partial charge is 0.363 e. The first-order valence-corrected chi connectivity index (χ1v) is 6.46. The summed E-state index contributed by atoms with van der Waals surface area (Å²) in [7, 11) is 0. The summed E-state index contributed by atoms with van der Waals surface area (Å²) in [5.41, 5.74) is 1.03. The van der Waals surface area contributed by atoms with Gasteiger partial charge in [0.15, 0.2) is 11.6 Å². The van der Waals surface area contributed by atoms with Crippen molar-refractivity contribution in [1.29, 1.82) is 0 Å². The highest BCUT2D eigenvalue weighted by molar-refractivity contribution is 5.81. The van der Waals surface area contributed by atoms with Crippen molar-refractivity contribution < 1.29 is 19.0 Å². The molecule has 1 aromatic carbocycles. The molecule has 0 aliphatic carbocycles. The lowest BCUT2D eigenvalue weighted by Crippen LogP contribution is -2.38. The van der Waals surface area contributed by atoms with E-state index < -0.39 is 11.9 Å². The summed E-state index contributed by atoms with van der Waals surface area (Å²) < 4.78 is 16.9. The van der Waals surface area contributed by atoms with Crippen molar-refractivity contribution >= 4 is 5.78 Å². The molecule has 2 rings (SSSR count). The minimum absolute atomic E-state index is 0.0396. The topological polar surface area (TPSA) is 44.8 Å². The Hall–Kier alpha value is -1.23. The highest BCUT2D eigenvalue weighted by Gasteiger charge is 2.39. The molecule has 0 saturated carbocycles. The van der Waals surface area contributed by atoms with Gasteiger partial charge in [-0.1, -0.05) is 30.3 Å². The molecule has 1 aliphatic heterocycles. The van der Waals surface area contributed by atoms with Gasteiger partial charge in [-0.25, -0.2) is 0 Å². The van der Waals surface area contributed by atoms with E-state index in [0.717, 1.165) is 5.56 Å². The summed E-state index contributed by atoms with van der Waals surface area (Å²) in [6.07, 6.45) is -0.918. The summed E-state index contributed by atoms with van der Waals surface area (Å²) in [6.45, 7) is 5.96. The number of carbonyl (C=O) groups excluding carboxylic acids is 1. The van der Waals surface area contributed by atoms with Gasteiger partial charge in [-0.05, 0) is 26.3 Å². The molecule has 1 aliphatic rings. The number of rotatable bonds is 5. The average Bonchev–Trinajstić information content (AvgIpc) is 2.71. The van der Waals surface area contributed by atoms with Crippen molar-refractivity contribution in [3.63, 3.8) is 0 Å². The molecule has 1 saturated heterocycles. The van der Waals surface area contributed by atoms with Crippen molar-refractivity contribution in [1.82, 2.24) is 0 Å². The van der Waals surface area contributed by atoms with E-state index in [1.54, 1.807) is 0 Å². The van der Waals surface area contributed by atoms with E-state index in [0.29, 0.717) is 13.2 Å². The third-order valence-corrected chi connectivity index (χ3v) is 3.04. The van der Waals surface area contributed by atoms with Gasteiger partial charge in [0, 0.05) is 0 Å². The van der Waals surface area contributed by atoms with Gasteiger partial charge in [0.05, 0.1) is 13.2 Å². The van der Waals surface area contributed by atoms with Gasteiger partial charge in [-0.3, -0.25) is 4.79 Å². The van der Waals surface area contributed by atoms with Crippen molar-refractivity contribution in [2.45, 2.75) is 45.4 Å². The smallest absolute Gasteiger partial charge is 0.163 e. The van der Waals surface area contributed by atoms with Gasteiger partial charge in [0.2, 0.25) is 0 Å². The number of Topliss-reactive ketones (excluding diaryl/α,β-unsaturated/α-hetero) is 1. The first-order valence-electron chi connectivity index (χ1n) is 6.46. The summed E-state index contributed by atoms with van der Waals surface area (Å²) in [5, 5.41) is 0. The van der Waals surface area contributed by atoms with Crippen LogP contribution >= 0.6 is 0 Å². The number of hydrogen-bond donors (Lipinski definition) is 0. The maximum Gasteiger partial charge on any atom is 0.163 e. The molecule has 0 spiro atoms. The normalized spacial score (nSPS) is 23.2. The van der Waals surface area contributed by atoms with Crippen LogP contribution in [0.4, 0.5) is 0 Å². The zero-order valence-corrected chi connectivity index (χ0v) is 11.6. The van der Waals surface area contributed by atoms with Crippen LogP contribution in [-0.4, -0.2) is 30.4 Å². The molecular formula is C15H20O4. The number of hydrogen-bond acceptors (Lipinski definition) is 4. The molecule has 1 fully saturated rings. The standard InChI is InChI=1S/C15H20O4/c1-11(16)14(13-10-18-15(2,3)19-13)17-9-12-7-5-4-6-8-12/h4-8,13-14H,9-10H2,1-3H3/t13-,14-/m1/s1. The van der Waals surface area contributed by atoms with Crippen LogP contribution in [0, 0.1) is 0 Å². The summed E-state index contributed by atoms with van der Waals surface area (Å²) in [6, 6.07) is 9.77. The third kappa shape index (κ3) is 3.86. The lowest BCUT2D eigenvalue weighted by atomic mass is 10.1. The number of ketones is 1. The predicted octanol–water partition coefficient (Wildman–Crippen LogP) is 2.31. The van der Waals surface area contributed by atoms with Gasteiger partial charge in [-0.15, -0.1) is 0 Å². The molecule has 4 heteroatoms. The van der Waals surface area contributed by atoms with Gasteiger partial charge in [0.25, 0.3) is 0 Å². The van der Waals surface area contributed by atoms with Crippen molar-refractivity contribution in [3.05, 3.63) is 35.9 Å². The fourth-order valence-corrected chi connectivity index (χ4v) is 2.11. The van der Waals surface area contributed by atoms with Gasteiger partial charge in [-0.2, -0.15) is 0 Å². The van der Waals surface area contributed by atoms with E-state index in [-0.39, 0.29) is 11.9 Å². The van der Waals surface area contributed by atoms with Crippen LogP contribution < -0.4 is 0 Å². The zero-order chi connectivity index (χ0) is 13.9. The fraction of sp³-hybridized carbons (Fsp3) is 0.533. The minimum Gasteiger partial charge on any atom is -0.363 e. The summed E-state index contributed by atoms with van der Waals surface area (Å²) in [5.74, 6) is -0.684. The molecule has 0 bridgehead atoms. The minimum atomic E-state index is -0.644. The molecule has 0 unspecified atom stereocenters. The van der Waals surface area contributed by atoms with Crippen LogP contribution in [0.1, 0.15) is 26.3 Å². The Morgan fingerprint density at radius 2 is 2.11 bits per heavy atom.